The Hall–Kier alpha value is -4.07. The van der Waals surface area contributed by atoms with Gasteiger partial charge in [0.25, 0.3) is 11.6 Å². The van der Waals surface area contributed by atoms with Crippen LogP contribution in [0.1, 0.15) is 28.5 Å². The van der Waals surface area contributed by atoms with Gasteiger partial charge in [0.1, 0.15) is 0 Å². The maximum atomic E-state index is 12.2. The minimum absolute atomic E-state index is 0.0313. The van der Waals surface area contributed by atoms with Crippen LogP contribution >= 0.6 is 0 Å². The molecule has 0 aliphatic rings. The molecule has 2 aromatic carbocycles. The molecule has 0 fully saturated rings. The molecular formula is C21H19N5O3. The topological polar surface area (TPSA) is 102 Å². The average molecular weight is 389 g/mol. The van der Waals surface area contributed by atoms with Crippen molar-refractivity contribution < 1.29 is 9.72 Å². The summed E-state index contributed by atoms with van der Waals surface area (Å²) in [5.41, 5.74) is 5.27. The number of carbonyl (C=O) groups is 1. The van der Waals surface area contributed by atoms with Crippen LogP contribution in [0.2, 0.25) is 0 Å². The smallest absolute Gasteiger partial charge is 0.268 e. The van der Waals surface area contributed by atoms with Gasteiger partial charge in [-0.25, -0.2) is 5.43 Å². The van der Waals surface area contributed by atoms with Gasteiger partial charge >= 0.3 is 0 Å². The van der Waals surface area contributed by atoms with Gasteiger partial charge in [0.15, 0.2) is 5.69 Å². The highest BCUT2D eigenvalue weighted by Crippen LogP contribution is 2.12. The Morgan fingerprint density at radius 2 is 1.90 bits per heavy atom. The van der Waals surface area contributed by atoms with Crippen LogP contribution in [-0.2, 0) is 6.54 Å². The van der Waals surface area contributed by atoms with Crippen molar-refractivity contribution in [3.8, 4) is 0 Å². The molecule has 0 bridgehead atoms. The predicted molar refractivity (Wildman–Crippen MR) is 110 cm³/mol. The lowest BCUT2D eigenvalue weighted by Gasteiger charge is -2.02. The summed E-state index contributed by atoms with van der Waals surface area (Å²) in [6.45, 7) is 2.18. The van der Waals surface area contributed by atoms with E-state index in [1.807, 2.05) is 42.5 Å². The molecule has 8 nitrogen and oxygen atoms in total. The summed E-state index contributed by atoms with van der Waals surface area (Å²) < 4.78 is 1.59. The molecule has 0 aliphatic carbocycles. The van der Waals surface area contributed by atoms with Gasteiger partial charge < -0.3 is 0 Å². The molecule has 8 heteroatoms. The predicted octanol–water partition coefficient (Wildman–Crippen LogP) is 3.66. The van der Waals surface area contributed by atoms with E-state index in [-0.39, 0.29) is 11.4 Å². The average Bonchev–Trinajstić information content (AvgIpc) is 3.20. The third kappa shape index (κ3) is 5.70. The van der Waals surface area contributed by atoms with Gasteiger partial charge in [0, 0.05) is 18.3 Å². The lowest BCUT2D eigenvalue weighted by atomic mass is 10.2. The van der Waals surface area contributed by atoms with E-state index in [1.54, 1.807) is 36.0 Å². The van der Waals surface area contributed by atoms with Crippen molar-refractivity contribution in [1.82, 2.24) is 15.2 Å². The Kier molecular flexibility index (Phi) is 6.26. The zero-order valence-electron chi connectivity index (χ0n) is 15.7. The third-order valence-corrected chi connectivity index (χ3v) is 4.02. The van der Waals surface area contributed by atoms with Crippen molar-refractivity contribution in [3.63, 3.8) is 0 Å². The summed E-state index contributed by atoms with van der Waals surface area (Å²) in [5, 5.41) is 19.0. The zero-order valence-corrected chi connectivity index (χ0v) is 15.7. The van der Waals surface area contributed by atoms with Gasteiger partial charge in [-0.15, -0.1) is 0 Å². The molecular weight excluding hydrogens is 370 g/mol. The monoisotopic (exact) mass is 389 g/mol. The second-order valence-electron chi connectivity index (χ2n) is 6.26. The first kappa shape index (κ1) is 19.7. The van der Waals surface area contributed by atoms with Crippen LogP contribution in [0.25, 0.3) is 6.08 Å². The van der Waals surface area contributed by atoms with Crippen LogP contribution in [-0.4, -0.2) is 26.3 Å². The number of hydrogen-bond donors (Lipinski definition) is 1. The number of nitro benzene ring substituents is 1. The number of aromatic nitrogens is 2. The van der Waals surface area contributed by atoms with Crippen molar-refractivity contribution in [2.24, 2.45) is 5.10 Å². The van der Waals surface area contributed by atoms with E-state index >= 15 is 0 Å². The van der Waals surface area contributed by atoms with E-state index < -0.39 is 10.8 Å². The Labute approximate surface area is 167 Å². The molecule has 0 atom stereocenters. The Morgan fingerprint density at radius 3 is 2.59 bits per heavy atom. The van der Waals surface area contributed by atoms with Gasteiger partial charge in [-0.2, -0.15) is 10.2 Å². The van der Waals surface area contributed by atoms with E-state index in [4.69, 9.17) is 0 Å². The quantitative estimate of drug-likeness (QED) is 0.378. The van der Waals surface area contributed by atoms with E-state index in [2.05, 4.69) is 15.6 Å². The normalized spacial score (nSPS) is 11.6. The molecule has 0 aliphatic heterocycles. The summed E-state index contributed by atoms with van der Waals surface area (Å²) in [5.74, 6) is -0.417. The summed E-state index contributed by atoms with van der Waals surface area (Å²) in [7, 11) is 0. The molecule has 1 heterocycles. The van der Waals surface area contributed by atoms with Crippen LogP contribution in [0.15, 0.2) is 78.0 Å². The number of nitrogens with zero attached hydrogens (tertiary/aromatic N) is 4. The first-order valence-corrected chi connectivity index (χ1v) is 8.86. The minimum atomic E-state index is -0.447. The molecule has 3 aromatic rings. The maximum absolute atomic E-state index is 12.2. The number of rotatable bonds is 7. The maximum Gasteiger partial charge on any atom is 0.291 e. The molecule has 0 unspecified atom stereocenters. The molecule has 1 N–H and O–H groups in total. The third-order valence-electron chi connectivity index (χ3n) is 4.02. The fourth-order valence-corrected chi connectivity index (χ4v) is 2.50. The van der Waals surface area contributed by atoms with Gasteiger partial charge in [-0.1, -0.05) is 48.5 Å². The minimum Gasteiger partial charge on any atom is -0.268 e. The van der Waals surface area contributed by atoms with Crippen LogP contribution < -0.4 is 5.43 Å². The zero-order chi connectivity index (χ0) is 20.6. The number of nitrogens with one attached hydrogen (secondary N) is 1. The fourth-order valence-electron chi connectivity index (χ4n) is 2.50. The van der Waals surface area contributed by atoms with Gasteiger partial charge in [-0.3, -0.25) is 19.6 Å². The molecule has 3 rings (SSSR count). The molecule has 1 aromatic heterocycles. The van der Waals surface area contributed by atoms with E-state index in [0.29, 0.717) is 12.3 Å². The molecule has 146 valence electrons. The standard InChI is InChI=1S/C21H19N5O3/c1-16(7-8-17-5-3-2-4-6-17)22-23-21(27)20-13-14-25(24-20)15-18-9-11-19(12-10-18)26(28)29/h2-14H,15H2,1H3,(H,23,27)/b8-7+,22-16+. The Morgan fingerprint density at radius 1 is 1.17 bits per heavy atom. The number of amides is 1. The van der Waals surface area contributed by atoms with Crippen molar-refractivity contribution >= 4 is 23.4 Å². The Balaban J connectivity index is 1.57. The van der Waals surface area contributed by atoms with Crippen LogP contribution in [0.5, 0.6) is 0 Å². The largest absolute Gasteiger partial charge is 0.291 e. The summed E-state index contributed by atoms with van der Waals surface area (Å²) in [6.07, 6.45) is 5.38. The van der Waals surface area contributed by atoms with Crippen molar-refractivity contribution in [2.75, 3.05) is 0 Å². The molecule has 0 radical (unpaired) electrons. The molecule has 1 amide bonds. The summed E-state index contributed by atoms with van der Waals surface area (Å²) in [4.78, 5) is 22.5. The number of hydrazone groups is 1. The molecule has 0 saturated heterocycles. The second-order valence-corrected chi connectivity index (χ2v) is 6.26. The highest BCUT2D eigenvalue weighted by molar-refractivity contribution is 5.98. The van der Waals surface area contributed by atoms with Gasteiger partial charge in [0.05, 0.1) is 17.2 Å². The summed E-state index contributed by atoms with van der Waals surface area (Å²) >= 11 is 0. The molecule has 0 spiro atoms. The lowest BCUT2D eigenvalue weighted by molar-refractivity contribution is -0.384. The van der Waals surface area contributed by atoms with Gasteiger partial charge in [-0.05, 0) is 30.2 Å². The fraction of sp³-hybridized carbons (Fsp3) is 0.0952. The highest BCUT2D eigenvalue weighted by Gasteiger charge is 2.10. The van der Waals surface area contributed by atoms with Crippen LogP contribution in [0.4, 0.5) is 5.69 Å². The van der Waals surface area contributed by atoms with Crippen LogP contribution in [0, 0.1) is 10.1 Å². The first-order valence-electron chi connectivity index (χ1n) is 8.86. The SMILES string of the molecule is CC(/C=C/c1ccccc1)=N\NC(=O)c1ccn(Cc2ccc([N+](=O)[O-])cc2)n1. The molecule has 29 heavy (non-hydrogen) atoms. The molecule has 0 saturated carbocycles. The van der Waals surface area contributed by atoms with Gasteiger partial charge in [0.2, 0.25) is 0 Å². The van der Waals surface area contributed by atoms with E-state index in [1.165, 1.54) is 12.1 Å². The van der Waals surface area contributed by atoms with E-state index in [0.717, 1.165) is 11.1 Å². The summed E-state index contributed by atoms with van der Waals surface area (Å²) in [6, 6.07) is 17.6. The van der Waals surface area contributed by atoms with Crippen molar-refractivity contribution in [2.45, 2.75) is 13.5 Å². The van der Waals surface area contributed by atoms with Crippen LogP contribution in [0.3, 0.4) is 0 Å². The number of nitro groups is 1. The van der Waals surface area contributed by atoms with Crippen molar-refractivity contribution in [3.05, 3.63) is 99.9 Å². The number of benzene rings is 2. The number of carbonyl (C=O) groups excluding carboxylic acids is 1. The Bertz CT molecular complexity index is 1050. The van der Waals surface area contributed by atoms with Crippen molar-refractivity contribution in [1.29, 1.82) is 0 Å². The number of non-ortho nitro benzene ring substituents is 1. The first-order chi connectivity index (χ1) is 14.0. The van der Waals surface area contributed by atoms with E-state index in [9.17, 15) is 14.9 Å². The number of allylic oxidation sites excluding steroid dienone is 1. The second kappa shape index (κ2) is 9.23. The number of hydrogen-bond acceptors (Lipinski definition) is 5. The highest BCUT2D eigenvalue weighted by atomic mass is 16.6. The lowest BCUT2D eigenvalue weighted by Crippen LogP contribution is -2.19.